The summed E-state index contributed by atoms with van der Waals surface area (Å²) < 4.78 is 45.3. The Morgan fingerprint density at radius 1 is 1.55 bits per heavy atom. The summed E-state index contributed by atoms with van der Waals surface area (Å²) in [7, 11) is -3.86. The molecule has 0 radical (unpaired) electrons. The first-order valence-electron chi connectivity index (χ1n) is 6.19. The molecule has 0 amide bonds. The fourth-order valence-electron chi connectivity index (χ4n) is 2.13. The molecule has 1 aliphatic rings. The van der Waals surface area contributed by atoms with Crippen LogP contribution in [0.2, 0.25) is 5.02 Å². The van der Waals surface area contributed by atoms with Gasteiger partial charge in [-0.1, -0.05) is 11.6 Å². The van der Waals surface area contributed by atoms with Gasteiger partial charge in [0.15, 0.2) is 0 Å². The van der Waals surface area contributed by atoms with Crippen molar-refractivity contribution >= 4 is 21.6 Å². The van der Waals surface area contributed by atoms with E-state index in [0.29, 0.717) is 13.0 Å². The molecule has 1 aliphatic carbocycles. The fourth-order valence-corrected chi connectivity index (χ4v) is 3.97. The van der Waals surface area contributed by atoms with Gasteiger partial charge in [0.25, 0.3) is 0 Å². The Morgan fingerprint density at radius 2 is 2.25 bits per heavy atom. The van der Waals surface area contributed by atoms with E-state index in [4.69, 9.17) is 22.1 Å². The molecule has 3 N–H and O–H groups in total. The van der Waals surface area contributed by atoms with E-state index in [0.717, 1.165) is 18.2 Å². The molecule has 0 saturated heterocycles. The van der Waals surface area contributed by atoms with Crippen LogP contribution in [-0.2, 0) is 14.8 Å². The lowest BCUT2D eigenvalue weighted by Gasteiger charge is -2.42. The highest BCUT2D eigenvalue weighted by atomic mass is 35.5. The second-order valence-electron chi connectivity index (χ2n) is 4.62. The number of nitrogens with one attached hydrogen (secondary N) is 1. The molecular formula is C12H16ClFN2O3S. The standard InChI is InChI=1S/C12H16ClFN2O3S/c1-2-19-10-6-9(15)12(10)16-20(17,18)11-4-3-7(14)5-8(11)13/h3-5,9-10,12,16H,2,6,15H2,1H3. The Labute approximate surface area is 122 Å². The summed E-state index contributed by atoms with van der Waals surface area (Å²) >= 11 is 5.77. The molecule has 1 saturated carbocycles. The van der Waals surface area contributed by atoms with Crippen LogP contribution in [0.1, 0.15) is 13.3 Å². The van der Waals surface area contributed by atoms with Crippen molar-refractivity contribution in [2.75, 3.05) is 6.61 Å². The number of sulfonamides is 1. The largest absolute Gasteiger partial charge is 0.377 e. The van der Waals surface area contributed by atoms with Crippen LogP contribution in [-0.4, -0.2) is 33.2 Å². The summed E-state index contributed by atoms with van der Waals surface area (Å²) in [6, 6.07) is 2.32. The van der Waals surface area contributed by atoms with Crippen molar-refractivity contribution in [1.29, 1.82) is 0 Å². The average Bonchev–Trinajstić information content (AvgIpc) is 2.35. The van der Waals surface area contributed by atoms with Gasteiger partial charge in [0.05, 0.1) is 17.2 Å². The molecule has 0 bridgehead atoms. The van der Waals surface area contributed by atoms with E-state index in [1.165, 1.54) is 0 Å². The maximum Gasteiger partial charge on any atom is 0.242 e. The van der Waals surface area contributed by atoms with E-state index in [9.17, 15) is 12.8 Å². The number of nitrogens with two attached hydrogens (primary N) is 1. The predicted octanol–water partition coefficient (Wildman–Crippen LogP) is 1.26. The van der Waals surface area contributed by atoms with Gasteiger partial charge in [-0.3, -0.25) is 0 Å². The molecule has 0 heterocycles. The van der Waals surface area contributed by atoms with Gasteiger partial charge < -0.3 is 10.5 Å². The maximum atomic E-state index is 13.0. The third kappa shape index (κ3) is 3.12. The Morgan fingerprint density at radius 3 is 2.80 bits per heavy atom. The van der Waals surface area contributed by atoms with Gasteiger partial charge in [-0.25, -0.2) is 17.5 Å². The van der Waals surface area contributed by atoms with Crippen molar-refractivity contribution in [3.8, 4) is 0 Å². The summed E-state index contributed by atoms with van der Waals surface area (Å²) in [6.07, 6.45) is 0.349. The number of benzene rings is 1. The molecule has 1 aromatic rings. The average molecular weight is 323 g/mol. The number of hydrogen-bond acceptors (Lipinski definition) is 4. The second-order valence-corrected chi connectivity index (χ2v) is 6.70. The topological polar surface area (TPSA) is 81.4 Å². The van der Waals surface area contributed by atoms with Crippen LogP contribution in [0.4, 0.5) is 4.39 Å². The Hall–Kier alpha value is -0.730. The van der Waals surface area contributed by atoms with Gasteiger partial charge in [-0.2, -0.15) is 0 Å². The van der Waals surface area contributed by atoms with Crippen molar-refractivity contribution in [2.45, 2.75) is 36.4 Å². The van der Waals surface area contributed by atoms with Crippen molar-refractivity contribution in [3.05, 3.63) is 29.0 Å². The minimum atomic E-state index is -3.86. The molecular weight excluding hydrogens is 307 g/mol. The molecule has 2 rings (SSSR count). The van der Waals surface area contributed by atoms with Crippen molar-refractivity contribution in [2.24, 2.45) is 5.73 Å². The number of rotatable bonds is 5. The van der Waals surface area contributed by atoms with Gasteiger partial charge in [0, 0.05) is 12.6 Å². The molecule has 3 unspecified atom stereocenters. The third-order valence-corrected chi connectivity index (χ3v) is 5.16. The van der Waals surface area contributed by atoms with E-state index in [2.05, 4.69) is 4.72 Å². The highest BCUT2D eigenvalue weighted by molar-refractivity contribution is 7.89. The van der Waals surface area contributed by atoms with E-state index in [1.54, 1.807) is 0 Å². The van der Waals surface area contributed by atoms with E-state index < -0.39 is 21.9 Å². The summed E-state index contributed by atoms with van der Waals surface area (Å²) in [6.45, 7) is 2.30. The van der Waals surface area contributed by atoms with Gasteiger partial charge in [-0.05, 0) is 31.5 Å². The zero-order chi connectivity index (χ0) is 14.9. The zero-order valence-electron chi connectivity index (χ0n) is 10.8. The van der Waals surface area contributed by atoms with Crippen molar-refractivity contribution in [1.82, 2.24) is 4.72 Å². The Kier molecular flexibility index (Phi) is 4.66. The summed E-state index contributed by atoms with van der Waals surface area (Å²) in [5, 5.41) is -0.168. The summed E-state index contributed by atoms with van der Waals surface area (Å²) in [5.41, 5.74) is 5.79. The van der Waals surface area contributed by atoms with E-state index in [1.807, 2.05) is 6.92 Å². The number of hydrogen-bond donors (Lipinski definition) is 2. The minimum Gasteiger partial charge on any atom is -0.377 e. The number of ether oxygens (including phenoxy) is 1. The van der Waals surface area contributed by atoms with Gasteiger partial charge in [-0.15, -0.1) is 0 Å². The molecule has 20 heavy (non-hydrogen) atoms. The van der Waals surface area contributed by atoms with Crippen LogP contribution in [0.15, 0.2) is 23.1 Å². The predicted molar refractivity (Wildman–Crippen MR) is 73.5 cm³/mol. The van der Waals surface area contributed by atoms with Gasteiger partial charge >= 0.3 is 0 Å². The normalized spacial score (nSPS) is 26.3. The highest BCUT2D eigenvalue weighted by Crippen LogP contribution is 2.27. The summed E-state index contributed by atoms with van der Waals surface area (Å²) in [4.78, 5) is -0.171. The SMILES string of the molecule is CCOC1CC(N)C1NS(=O)(=O)c1ccc(F)cc1Cl. The molecule has 0 aromatic heterocycles. The fraction of sp³-hybridized carbons (Fsp3) is 0.500. The third-order valence-electron chi connectivity index (χ3n) is 3.22. The molecule has 5 nitrogen and oxygen atoms in total. The van der Waals surface area contributed by atoms with Crippen LogP contribution in [0.25, 0.3) is 0 Å². The smallest absolute Gasteiger partial charge is 0.242 e. The van der Waals surface area contributed by atoms with Gasteiger partial charge in [0.1, 0.15) is 10.7 Å². The first-order chi connectivity index (χ1) is 9.35. The highest BCUT2D eigenvalue weighted by Gasteiger charge is 2.42. The lowest BCUT2D eigenvalue weighted by molar-refractivity contribution is -0.0248. The van der Waals surface area contributed by atoms with Crippen LogP contribution in [0.5, 0.6) is 0 Å². The maximum absolute atomic E-state index is 13.0. The molecule has 3 atom stereocenters. The van der Waals surface area contributed by atoms with Crippen molar-refractivity contribution < 1.29 is 17.5 Å². The van der Waals surface area contributed by atoms with Crippen molar-refractivity contribution in [3.63, 3.8) is 0 Å². The second kappa shape index (κ2) is 5.95. The molecule has 8 heteroatoms. The van der Waals surface area contributed by atoms with E-state index in [-0.39, 0.29) is 22.1 Å². The molecule has 0 spiro atoms. The van der Waals surface area contributed by atoms with Crippen LogP contribution in [0, 0.1) is 5.82 Å². The van der Waals surface area contributed by atoms with E-state index >= 15 is 0 Å². The van der Waals surface area contributed by atoms with Crippen LogP contribution >= 0.6 is 11.6 Å². The zero-order valence-corrected chi connectivity index (χ0v) is 12.4. The number of halogens is 2. The molecule has 112 valence electrons. The monoisotopic (exact) mass is 322 g/mol. The Bertz CT molecular complexity index is 594. The first-order valence-corrected chi connectivity index (χ1v) is 8.06. The molecule has 0 aliphatic heterocycles. The quantitative estimate of drug-likeness (QED) is 0.855. The lowest BCUT2D eigenvalue weighted by Crippen LogP contribution is -2.64. The molecule has 1 aromatic carbocycles. The first kappa shape index (κ1) is 15.7. The minimum absolute atomic E-state index is 0.168. The van der Waals surface area contributed by atoms with Gasteiger partial charge in [0.2, 0.25) is 10.0 Å². The lowest BCUT2D eigenvalue weighted by atomic mass is 9.84. The Balaban J connectivity index is 2.18. The van der Waals surface area contributed by atoms with Crippen LogP contribution in [0.3, 0.4) is 0 Å². The van der Waals surface area contributed by atoms with Crippen LogP contribution < -0.4 is 10.5 Å². The molecule has 1 fully saturated rings. The summed E-state index contributed by atoms with van der Waals surface area (Å²) in [5.74, 6) is -0.596.